The van der Waals surface area contributed by atoms with E-state index in [-0.39, 0.29) is 5.92 Å². The molecule has 0 spiro atoms. The molecule has 2 heterocycles. The monoisotopic (exact) mass is 484 g/mol. The molecule has 0 radical (unpaired) electrons. The molecular formula is C19H19Br2ClN2O. The topological polar surface area (TPSA) is 45.1 Å². The van der Waals surface area contributed by atoms with Crippen molar-refractivity contribution in [2.45, 2.75) is 31.3 Å². The van der Waals surface area contributed by atoms with Crippen LogP contribution in [0.3, 0.4) is 0 Å². The molecule has 1 aromatic carbocycles. The second-order valence-electron chi connectivity index (χ2n) is 6.87. The van der Waals surface area contributed by atoms with E-state index in [4.69, 9.17) is 16.6 Å². The number of aryl methyl sites for hydroxylation is 2. The number of rotatable bonds is 1. The first-order chi connectivity index (χ1) is 12.0. The third-order valence-electron chi connectivity index (χ3n) is 5.41. The van der Waals surface area contributed by atoms with E-state index in [2.05, 4.69) is 43.2 Å². The Kier molecular flexibility index (Phi) is 4.97. The lowest BCUT2D eigenvalue weighted by molar-refractivity contribution is -0.00258. The van der Waals surface area contributed by atoms with Gasteiger partial charge in [-0.15, -0.1) is 0 Å². The molecule has 1 aliphatic heterocycles. The van der Waals surface area contributed by atoms with Crippen molar-refractivity contribution in [2.24, 2.45) is 5.92 Å². The molecule has 132 valence electrons. The smallest absolute Gasteiger partial charge is 0.136 e. The fraction of sp³-hybridized carbons (Fsp3) is 0.421. The lowest BCUT2D eigenvalue weighted by atomic mass is 9.72. The minimum Gasteiger partial charge on any atom is -0.378 e. The van der Waals surface area contributed by atoms with Crippen LogP contribution < -0.4 is 5.32 Å². The number of pyridine rings is 1. The summed E-state index contributed by atoms with van der Waals surface area (Å²) in [6.45, 7) is 1.83. The van der Waals surface area contributed by atoms with Crippen molar-refractivity contribution in [3.05, 3.63) is 60.7 Å². The van der Waals surface area contributed by atoms with E-state index in [9.17, 15) is 5.11 Å². The van der Waals surface area contributed by atoms with Gasteiger partial charge in [0.1, 0.15) is 5.60 Å². The highest BCUT2D eigenvalue weighted by molar-refractivity contribution is 9.10. The van der Waals surface area contributed by atoms with Crippen molar-refractivity contribution in [3.63, 3.8) is 0 Å². The largest absolute Gasteiger partial charge is 0.378 e. The van der Waals surface area contributed by atoms with E-state index in [1.165, 1.54) is 0 Å². The van der Waals surface area contributed by atoms with Crippen LogP contribution in [0.25, 0.3) is 0 Å². The van der Waals surface area contributed by atoms with Crippen molar-refractivity contribution in [1.82, 2.24) is 10.3 Å². The van der Waals surface area contributed by atoms with Gasteiger partial charge in [0, 0.05) is 31.6 Å². The average molecular weight is 487 g/mol. The predicted molar refractivity (Wildman–Crippen MR) is 107 cm³/mol. The van der Waals surface area contributed by atoms with Crippen molar-refractivity contribution < 1.29 is 5.11 Å². The standard InChI is InChI=1S/C19H19Br2ClN2O/c20-14-7-12-2-1-11-8-15(22)9-16(21)17(11)19(25,18(12)24-10-14)13-3-5-23-6-4-13/h7-10,13,23,25H,1-6H2. The van der Waals surface area contributed by atoms with Crippen LogP contribution in [-0.2, 0) is 18.4 Å². The second-order valence-corrected chi connectivity index (χ2v) is 9.08. The van der Waals surface area contributed by atoms with E-state index in [0.29, 0.717) is 5.02 Å². The number of piperidine rings is 1. The number of aromatic nitrogens is 1. The Morgan fingerprint density at radius 1 is 1.12 bits per heavy atom. The summed E-state index contributed by atoms with van der Waals surface area (Å²) in [4.78, 5) is 4.70. The average Bonchev–Trinajstić information content (AvgIpc) is 2.71. The van der Waals surface area contributed by atoms with Crippen LogP contribution in [0.4, 0.5) is 0 Å². The van der Waals surface area contributed by atoms with Gasteiger partial charge in [0.25, 0.3) is 0 Å². The van der Waals surface area contributed by atoms with Gasteiger partial charge >= 0.3 is 0 Å². The normalized spacial score (nSPS) is 23.7. The minimum atomic E-state index is -1.10. The summed E-state index contributed by atoms with van der Waals surface area (Å²) in [6.07, 6.45) is 5.31. The summed E-state index contributed by atoms with van der Waals surface area (Å²) in [5.74, 6) is 0.121. The van der Waals surface area contributed by atoms with Gasteiger partial charge in [-0.3, -0.25) is 4.98 Å². The first-order valence-corrected chi connectivity index (χ1v) is 10.5. The molecule has 25 heavy (non-hydrogen) atoms. The molecule has 1 aliphatic carbocycles. The number of hydrogen-bond acceptors (Lipinski definition) is 3. The molecule has 1 aromatic heterocycles. The number of fused-ring (bicyclic) bond motifs is 2. The Morgan fingerprint density at radius 2 is 1.84 bits per heavy atom. The number of benzene rings is 1. The summed E-state index contributed by atoms with van der Waals surface area (Å²) in [6, 6.07) is 5.97. The highest BCUT2D eigenvalue weighted by atomic mass is 79.9. The van der Waals surface area contributed by atoms with Crippen LogP contribution in [0.15, 0.2) is 33.3 Å². The van der Waals surface area contributed by atoms with Crippen LogP contribution in [0.1, 0.15) is 35.2 Å². The van der Waals surface area contributed by atoms with Crippen molar-refractivity contribution in [2.75, 3.05) is 13.1 Å². The molecule has 2 N–H and O–H groups in total. The molecule has 3 nitrogen and oxygen atoms in total. The van der Waals surface area contributed by atoms with Crippen molar-refractivity contribution in [1.29, 1.82) is 0 Å². The lowest BCUT2D eigenvalue weighted by Gasteiger charge is -2.40. The van der Waals surface area contributed by atoms with E-state index < -0.39 is 5.60 Å². The van der Waals surface area contributed by atoms with Crippen LogP contribution >= 0.6 is 43.5 Å². The van der Waals surface area contributed by atoms with Crippen molar-refractivity contribution in [3.8, 4) is 0 Å². The fourth-order valence-corrected chi connectivity index (χ4v) is 5.85. The van der Waals surface area contributed by atoms with Gasteiger partial charge < -0.3 is 10.4 Å². The highest BCUT2D eigenvalue weighted by Crippen LogP contribution is 2.48. The molecule has 2 aromatic rings. The van der Waals surface area contributed by atoms with E-state index >= 15 is 0 Å². The van der Waals surface area contributed by atoms with Crippen LogP contribution in [0.5, 0.6) is 0 Å². The third kappa shape index (κ3) is 3.08. The fourth-order valence-electron chi connectivity index (χ4n) is 4.29. The number of aliphatic hydroxyl groups is 1. The minimum absolute atomic E-state index is 0.121. The first-order valence-electron chi connectivity index (χ1n) is 8.56. The molecule has 2 aliphatic rings. The quantitative estimate of drug-likeness (QED) is 0.620. The van der Waals surface area contributed by atoms with E-state index in [0.717, 1.165) is 70.1 Å². The molecule has 0 amide bonds. The van der Waals surface area contributed by atoms with Gasteiger partial charge in [-0.1, -0.05) is 27.5 Å². The van der Waals surface area contributed by atoms with Gasteiger partial charge in [-0.2, -0.15) is 0 Å². The lowest BCUT2D eigenvalue weighted by Crippen LogP contribution is -2.44. The summed E-state index contributed by atoms with van der Waals surface area (Å²) in [7, 11) is 0. The van der Waals surface area contributed by atoms with E-state index in [1.54, 1.807) is 6.20 Å². The zero-order valence-electron chi connectivity index (χ0n) is 13.7. The molecular weight excluding hydrogens is 467 g/mol. The number of nitrogens with zero attached hydrogens (tertiary/aromatic N) is 1. The number of halogens is 3. The maximum Gasteiger partial charge on any atom is 0.136 e. The van der Waals surface area contributed by atoms with Crippen molar-refractivity contribution >= 4 is 43.5 Å². The zero-order valence-corrected chi connectivity index (χ0v) is 17.6. The third-order valence-corrected chi connectivity index (χ3v) is 6.68. The van der Waals surface area contributed by atoms with Crippen LogP contribution in [0, 0.1) is 5.92 Å². The predicted octanol–water partition coefficient (Wildman–Crippen LogP) is 4.59. The van der Waals surface area contributed by atoms with Gasteiger partial charge in [-0.05, 0) is 84.0 Å². The number of hydrogen-bond donors (Lipinski definition) is 2. The van der Waals surface area contributed by atoms with Crippen LogP contribution in [0.2, 0.25) is 5.02 Å². The molecule has 1 unspecified atom stereocenters. The Hall–Kier alpha value is -0.460. The molecule has 1 saturated heterocycles. The van der Waals surface area contributed by atoms with Gasteiger partial charge in [-0.25, -0.2) is 0 Å². The van der Waals surface area contributed by atoms with Gasteiger partial charge in [0.2, 0.25) is 0 Å². The van der Waals surface area contributed by atoms with Crippen LogP contribution in [-0.4, -0.2) is 23.2 Å². The Labute approximate surface area is 169 Å². The zero-order chi connectivity index (χ0) is 17.6. The summed E-state index contributed by atoms with van der Waals surface area (Å²) in [5.41, 5.74) is 2.85. The summed E-state index contributed by atoms with van der Waals surface area (Å²) >= 11 is 13.5. The molecule has 1 fully saturated rings. The second kappa shape index (κ2) is 6.93. The molecule has 6 heteroatoms. The SMILES string of the molecule is OC1(C2CCNCC2)c2ncc(Br)cc2CCc2cc(Cl)cc(Br)c21. The Bertz CT molecular complexity index is 823. The molecule has 0 bridgehead atoms. The maximum absolute atomic E-state index is 12.2. The highest BCUT2D eigenvalue weighted by Gasteiger charge is 2.46. The van der Waals surface area contributed by atoms with E-state index in [1.807, 2.05) is 12.1 Å². The molecule has 0 saturated carbocycles. The first kappa shape index (κ1) is 17.9. The Morgan fingerprint density at radius 3 is 2.60 bits per heavy atom. The molecule has 1 atom stereocenters. The molecule has 4 rings (SSSR count). The van der Waals surface area contributed by atoms with Gasteiger partial charge in [0.15, 0.2) is 0 Å². The number of nitrogens with one attached hydrogen (secondary N) is 1. The summed E-state index contributed by atoms with van der Waals surface area (Å²) < 4.78 is 1.82. The summed E-state index contributed by atoms with van der Waals surface area (Å²) in [5, 5.41) is 16.3. The maximum atomic E-state index is 12.2. The van der Waals surface area contributed by atoms with Gasteiger partial charge in [0.05, 0.1) is 5.69 Å². The Balaban J connectivity index is 1.99.